The number of ether oxygens (including phenoxy) is 2. The van der Waals surface area contributed by atoms with Gasteiger partial charge in [0.25, 0.3) is 0 Å². The third-order valence-electron chi connectivity index (χ3n) is 5.13. The van der Waals surface area contributed by atoms with Gasteiger partial charge in [-0.15, -0.1) is 0 Å². The molecule has 1 amide bonds. The van der Waals surface area contributed by atoms with Crippen LogP contribution in [-0.2, 0) is 11.3 Å². The van der Waals surface area contributed by atoms with Crippen LogP contribution in [0.5, 0.6) is 11.5 Å². The Balaban J connectivity index is 1.39. The van der Waals surface area contributed by atoms with Crippen LogP contribution in [0.15, 0.2) is 42.5 Å². The Morgan fingerprint density at radius 3 is 2.59 bits per heavy atom. The number of hydrogen-bond donors (Lipinski definition) is 1. The van der Waals surface area contributed by atoms with Crippen LogP contribution >= 0.6 is 11.6 Å². The van der Waals surface area contributed by atoms with Gasteiger partial charge in [0.15, 0.2) is 11.5 Å². The molecule has 0 radical (unpaired) electrons. The molecule has 0 spiro atoms. The zero-order valence-corrected chi connectivity index (χ0v) is 17.3. The van der Waals surface area contributed by atoms with E-state index in [2.05, 4.69) is 10.2 Å². The number of para-hydroxylation sites is 2. The van der Waals surface area contributed by atoms with E-state index in [0.717, 1.165) is 25.9 Å². The lowest BCUT2D eigenvalue weighted by Crippen LogP contribution is -2.41. The van der Waals surface area contributed by atoms with Gasteiger partial charge in [0, 0.05) is 23.0 Å². The summed E-state index contributed by atoms with van der Waals surface area (Å²) in [5.74, 6) is 1.05. The van der Waals surface area contributed by atoms with Crippen molar-refractivity contribution in [2.24, 2.45) is 5.92 Å². The van der Waals surface area contributed by atoms with Crippen molar-refractivity contribution in [3.8, 4) is 11.5 Å². The van der Waals surface area contributed by atoms with Crippen LogP contribution in [0.3, 0.4) is 0 Å². The van der Waals surface area contributed by atoms with Gasteiger partial charge in [0.05, 0.1) is 13.7 Å². The van der Waals surface area contributed by atoms with Gasteiger partial charge >= 0.3 is 0 Å². The molecule has 7 heteroatoms. The van der Waals surface area contributed by atoms with E-state index in [1.165, 1.54) is 6.07 Å². The van der Waals surface area contributed by atoms with Gasteiger partial charge in [-0.25, -0.2) is 4.39 Å². The molecule has 1 saturated heterocycles. The number of nitrogens with zero attached hydrogens (tertiary/aromatic N) is 1. The minimum Gasteiger partial charge on any atom is -0.493 e. The number of methoxy groups -OCH3 is 1. The van der Waals surface area contributed by atoms with Gasteiger partial charge in [-0.3, -0.25) is 9.69 Å². The second-order valence-electron chi connectivity index (χ2n) is 7.04. The van der Waals surface area contributed by atoms with Crippen LogP contribution in [0.2, 0.25) is 5.02 Å². The van der Waals surface area contributed by atoms with Gasteiger partial charge in [0.2, 0.25) is 5.91 Å². The maximum absolute atomic E-state index is 14.0. The van der Waals surface area contributed by atoms with E-state index in [4.69, 9.17) is 21.1 Å². The quantitative estimate of drug-likeness (QED) is 0.658. The first-order valence-electron chi connectivity index (χ1n) is 9.77. The van der Waals surface area contributed by atoms with Crippen molar-refractivity contribution in [2.45, 2.75) is 19.4 Å². The van der Waals surface area contributed by atoms with Crippen LogP contribution in [-0.4, -0.2) is 44.2 Å². The average Bonchev–Trinajstić information content (AvgIpc) is 2.74. The van der Waals surface area contributed by atoms with E-state index in [1.54, 1.807) is 19.2 Å². The van der Waals surface area contributed by atoms with Gasteiger partial charge in [0.1, 0.15) is 12.4 Å². The zero-order chi connectivity index (χ0) is 20.6. The lowest BCUT2D eigenvalue weighted by Gasteiger charge is -2.31. The second-order valence-corrected chi connectivity index (χ2v) is 7.45. The largest absolute Gasteiger partial charge is 0.493 e. The van der Waals surface area contributed by atoms with Crippen LogP contribution in [0.4, 0.5) is 4.39 Å². The third-order valence-corrected chi connectivity index (χ3v) is 5.48. The molecule has 3 rings (SSSR count). The van der Waals surface area contributed by atoms with Crippen LogP contribution in [0.25, 0.3) is 0 Å². The van der Waals surface area contributed by atoms with E-state index in [-0.39, 0.29) is 17.6 Å². The molecular weight excluding hydrogens is 395 g/mol. The summed E-state index contributed by atoms with van der Waals surface area (Å²) in [4.78, 5) is 14.6. The summed E-state index contributed by atoms with van der Waals surface area (Å²) in [6, 6.07) is 12.1. The van der Waals surface area contributed by atoms with E-state index >= 15 is 0 Å². The van der Waals surface area contributed by atoms with Crippen molar-refractivity contribution in [3.05, 3.63) is 58.9 Å². The summed E-state index contributed by atoms with van der Waals surface area (Å²) in [5, 5.41) is 3.38. The van der Waals surface area contributed by atoms with Crippen LogP contribution in [0, 0.1) is 11.7 Å². The highest BCUT2D eigenvalue weighted by Gasteiger charge is 2.25. The molecule has 1 aliphatic rings. The predicted octanol–water partition coefficient (Wildman–Crippen LogP) is 3.89. The Labute approximate surface area is 175 Å². The molecule has 0 aromatic heterocycles. The van der Waals surface area contributed by atoms with Gasteiger partial charge in [-0.2, -0.15) is 0 Å². The number of amides is 1. The molecule has 2 aromatic rings. The molecule has 1 fully saturated rings. The smallest absolute Gasteiger partial charge is 0.223 e. The van der Waals surface area contributed by atoms with E-state index in [9.17, 15) is 9.18 Å². The standard InChI is InChI=1S/C22H26ClFN2O3/c1-28-20-7-2-3-8-21(20)29-14-11-25-22(27)16-9-12-26(13-10-16)15-17-18(23)5-4-6-19(17)24/h2-8,16H,9-15H2,1H3,(H,25,27). The first-order chi connectivity index (χ1) is 14.1. The first-order valence-corrected chi connectivity index (χ1v) is 10.1. The van der Waals surface area contributed by atoms with Crippen LogP contribution in [0.1, 0.15) is 18.4 Å². The highest BCUT2D eigenvalue weighted by Crippen LogP contribution is 2.26. The van der Waals surface area contributed by atoms with Crippen molar-refractivity contribution in [3.63, 3.8) is 0 Å². The normalized spacial score (nSPS) is 15.1. The Morgan fingerprint density at radius 2 is 1.90 bits per heavy atom. The number of piperidine rings is 1. The molecule has 29 heavy (non-hydrogen) atoms. The molecule has 5 nitrogen and oxygen atoms in total. The number of rotatable bonds is 8. The number of carbonyl (C=O) groups is 1. The Hall–Kier alpha value is -2.31. The fraction of sp³-hybridized carbons (Fsp3) is 0.409. The van der Waals surface area contributed by atoms with E-state index in [0.29, 0.717) is 41.8 Å². The molecule has 0 unspecified atom stereocenters. The zero-order valence-electron chi connectivity index (χ0n) is 16.5. The summed E-state index contributed by atoms with van der Waals surface area (Å²) in [7, 11) is 1.59. The number of benzene rings is 2. The Bertz CT molecular complexity index is 805. The molecule has 0 atom stereocenters. The van der Waals surface area contributed by atoms with Crippen molar-refractivity contribution >= 4 is 17.5 Å². The predicted molar refractivity (Wildman–Crippen MR) is 111 cm³/mol. The summed E-state index contributed by atoms with van der Waals surface area (Å²) < 4.78 is 24.9. The van der Waals surface area contributed by atoms with Crippen molar-refractivity contribution < 1.29 is 18.7 Å². The first kappa shape index (κ1) is 21.4. The van der Waals surface area contributed by atoms with Gasteiger partial charge in [-0.05, 0) is 50.2 Å². The minimum atomic E-state index is -0.285. The maximum atomic E-state index is 14.0. The molecule has 2 aromatic carbocycles. The van der Waals surface area contributed by atoms with Crippen molar-refractivity contribution in [2.75, 3.05) is 33.4 Å². The maximum Gasteiger partial charge on any atom is 0.223 e. The Morgan fingerprint density at radius 1 is 1.17 bits per heavy atom. The summed E-state index contributed by atoms with van der Waals surface area (Å²) in [6.07, 6.45) is 1.48. The van der Waals surface area contributed by atoms with Crippen molar-refractivity contribution in [1.29, 1.82) is 0 Å². The SMILES string of the molecule is COc1ccccc1OCCNC(=O)C1CCN(Cc2c(F)cccc2Cl)CC1. The fourth-order valence-electron chi connectivity index (χ4n) is 3.48. The number of carbonyl (C=O) groups excluding carboxylic acids is 1. The Kier molecular flexibility index (Phi) is 7.72. The molecule has 1 heterocycles. The highest BCUT2D eigenvalue weighted by molar-refractivity contribution is 6.31. The molecule has 156 valence electrons. The monoisotopic (exact) mass is 420 g/mol. The van der Waals surface area contributed by atoms with Gasteiger partial charge in [-0.1, -0.05) is 29.8 Å². The topological polar surface area (TPSA) is 50.8 Å². The van der Waals surface area contributed by atoms with Crippen molar-refractivity contribution in [1.82, 2.24) is 10.2 Å². The lowest BCUT2D eigenvalue weighted by molar-refractivity contribution is -0.126. The molecular formula is C22H26ClFN2O3. The summed E-state index contributed by atoms with van der Waals surface area (Å²) in [5.41, 5.74) is 0.519. The fourth-order valence-corrected chi connectivity index (χ4v) is 3.70. The molecule has 0 bridgehead atoms. The molecule has 0 saturated carbocycles. The second kappa shape index (κ2) is 10.5. The van der Waals surface area contributed by atoms with E-state index < -0.39 is 0 Å². The number of halogens is 2. The third kappa shape index (κ3) is 5.84. The average molecular weight is 421 g/mol. The van der Waals surface area contributed by atoms with Crippen LogP contribution < -0.4 is 14.8 Å². The summed E-state index contributed by atoms with van der Waals surface area (Å²) in [6.45, 7) is 2.74. The molecule has 1 N–H and O–H groups in total. The molecule has 1 aliphatic heterocycles. The summed E-state index contributed by atoms with van der Waals surface area (Å²) >= 11 is 6.11. The van der Waals surface area contributed by atoms with Gasteiger partial charge < -0.3 is 14.8 Å². The minimum absolute atomic E-state index is 0.0337. The molecule has 0 aliphatic carbocycles. The number of likely N-dealkylation sites (tertiary alicyclic amines) is 1. The number of hydrogen-bond acceptors (Lipinski definition) is 4. The van der Waals surface area contributed by atoms with E-state index in [1.807, 2.05) is 24.3 Å². The lowest BCUT2D eigenvalue weighted by atomic mass is 9.95. The number of nitrogens with one attached hydrogen (secondary N) is 1. The highest BCUT2D eigenvalue weighted by atomic mass is 35.5.